The molecule has 8 heteroatoms. The number of aryl methyl sites for hydroxylation is 1. The number of amides is 1. The molecule has 2 N–H and O–H groups in total. The Morgan fingerprint density at radius 2 is 2.00 bits per heavy atom. The van der Waals surface area contributed by atoms with Crippen molar-refractivity contribution in [2.75, 3.05) is 6.54 Å². The Labute approximate surface area is 168 Å². The zero-order chi connectivity index (χ0) is 20.0. The Balaban J connectivity index is 1.48. The molecule has 3 rings (SSSR count). The molecule has 0 aliphatic carbocycles. The van der Waals surface area contributed by atoms with Gasteiger partial charge in [-0.15, -0.1) is 0 Å². The summed E-state index contributed by atoms with van der Waals surface area (Å²) in [6.07, 6.45) is 3.55. The zero-order valence-corrected chi connectivity index (χ0v) is 17.0. The van der Waals surface area contributed by atoms with Gasteiger partial charge in [0.2, 0.25) is 15.9 Å². The Hall–Kier alpha value is -2.55. The molecule has 0 spiro atoms. The highest BCUT2D eigenvalue weighted by atomic mass is 32.2. The van der Waals surface area contributed by atoms with Crippen LogP contribution in [0.3, 0.4) is 0 Å². The van der Waals surface area contributed by atoms with Crippen molar-refractivity contribution in [2.45, 2.75) is 24.8 Å². The molecular formula is C20H21N3O3S2. The van der Waals surface area contributed by atoms with Gasteiger partial charge in [-0.1, -0.05) is 12.1 Å². The molecule has 28 heavy (non-hydrogen) atoms. The fourth-order valence-corrected chi connectivity index (χ4v) is 4.43. The second-order valence-electron chi connectivity index (χ2n) is 6.33. The van der Waals surface area contributed by atoms with Crippen LogP contribution in [0.15, 0.2) is 64.4 Å². The minimum Gasteiger partial charge on any atom is -0.352 e. The maximum atomic E-state index is 12.2. The number of rotatable bonds is 8. The number of benzene rings is 1. The van der Waals surface area contributed by atoms with Gasteiger partial charge in [0, 0.05) is 37.5 Å². The lowest BCUT2D eigenvalue weighted by molar-refractivity contribution is -0.121. The first-order valence-electron chi connectivity index (χ1n) is 8.73. The van der Waals surface area contributed by atoms with E-state index in [1.165, 1.54) is 6.07 Å². The number of aromatic nitrogens is 1. The predicted octanol–water partition coefficient (Wildman–Crippen LogP) is 3.10. The summed E-state index contributed by atoms with van der Waals surface area (Å²) in [7, 11) is -3.62. The van der Waals surface area contributed by atoms with Crippen molar-refractivity contribution >= 4 is 27.3 Å². The predicted molar refractivity (Wildman–Crippen MR) is 110 cm³/mol. The van der Waals surface area contributed by atoms with Crippen LogP contribution in [0.5, 0.6) is 0 Å². The van der Waals surface area contributed by atoms with Crippen molar-refractivity contribution in [3.05, 3.63) is 70.7 Å². The normalized spacial score (nSPS) is 11.3. The van der Waals surface area contributed by atoms with Crippen molar-refractivity contribution in [3.8, 4) is 11.1 Å². The molecule has 146 valence electrons. The molecule has 6 nitrogen and oxygen atoms in total. The minimum absolute atomic E-state index is 0.0370. The van der Waals surface area contributed by atoms with Crippen LogP contribution in [0.2, 0.25) is 0 Å². The van der Waals surface area contributed by atoms with E-state index in [-0.39, 0.29) is 23.8 Å². The van der Waals surface area contributed by atoms with E-state index in [0.717, 1.165) is 22.3 Å². The van der Waals surface area contributed by atoms with Gasteiger partial charge in [-0.05, 0) is 58.6 Å². The first-order valence-corrected chi connectivity index (χ1v) is 11.2. The molecule has 2 heterocycles. The Morgan fingerprint density at radius 1 is 1.14 bits per heavy atom. The van der Waals surface area contributed by atoms with Crippen LogP contribution < -0.4 is 10.0 Å². The average Bonchev–Trinajstić information content (AvgIpc) is 3.21. The number of hydrogen-bond donors (Lipinski definition) is 2. The summed E-state index contributed by atoms with van der Waals surface area (Å²) in [4.78, 5) is 16.5. The molecule has 2 aromatic heterocycles. The molecule has 0 aliphatic rings. The number of hydrogen-bond acceptors (Lipinski definition) is 5. The van der Waals surface area contributed by atoms with Crippen LogP contribution in [0.1, 0.15) is 17.5 Å². The first-order chi connectivity index (χ1) is 13.4. The van der Waals surface area contributed by atoms with Gasteiger partial charge < -0.3 is 5.32 Å². The number of nitrogens with one attached hydrogen (secondary N) is 2. The largest absolute Gasteiger partial charge is 0.352 e. The van der Waals surface area contributed by atoms with E-state index in [1.807, 2.05) is 35.9 Å². The second kappa shape index (κ2) is 9.09. The summed E-state index contributed by atoms with van der Waals surface area (Å²) >= 11 is 1.62. The minimum atomic E-state index is -3.62. The lowest BCUT2D eigenvalue weighted by Crippen LogP contribution is -2.30. The van der Waals surface area contributed by atoms with E-state index >= 15 is 0 Å². The molecule has 0 atom stereocenters. The molecule has 1 aromatic carbocycles. The van der Waals surface area contributed by atoms with E-state index < -0.39 is 10.0 Å². The van der Waals surface area contributed by atoms with Gasteiger partial charge in [0.1, 0.15) is 0 Å². The molecule has 1 amide bonds. The number of nitrogens with zero attached hydrogens (tertiary/aromatic N) is 1. The van der Waals surface area contributed by atoms with Gasteiger partial charge in [0.25, 0.3) is 0 Å². The molecule has 3 aromatic rings. The van der Waals surface area contributed by atoms with Crippen LogP contribution in [0, 0.1) is 6.92 Å². The molecular weight excluding hydrogens is 394 g/mol. The van der Waals surface area contributed by atoms with Crippen LogP contribution >= 0.6 is 11.3 Å². The van der Waals surface area contributed by atoms with Gasteiger partial charge in [-0.25, -0.2) is 13.1 Å². The van der Waals surface area contributed by atoms with E-state index in [2.05, 4.69) is 15.0 Å². The molecule has 0 saturated heterocycles. The van der Waals surface area contributed by atoms with Gasteiger partial charge in [0.15, 0.2) is 0 Å². The fraction of sp³-hybridized carbons (Fsp3) is 0.200. The fourth-order valence-electron chi connectivity index (χ4n) is 2.62. The number of sulfonamides is 1. The summed E-state index contributed by atoms with van der Waals surface area (Å²) < 4.78 is 26.9. The van der Waals surface area contributed by atoms with Gasteiger partial charge in [-0.3, -0.25) is 9.78 Å². The summed E-state index contributed by atoms with van der Waals surface area (Å²) in [5.41, 5.74) is 3.84. The van der Waals surface area contributed by atoms with E-state index in [4.69, 9.17) is 0 Å². The third-order valence-corrected chi connectivity index (χ3v) is 6.22. The third-order valence-electron chi connectivity index (χ3n) is 4.08. The van der Waals surface area contributed by atoms with E-state index in [0.29, 0.717) is 6.54 Å². The van der Waals surface area contributed by atoms with Crippen LogP contribution in [-0.4, -0.2) is 25.9 Å². The summed E-state index contributed by atoms with van der Waals surface area (Å²) in [6, 6.07) is 10.6. The lowest BCUT2D eigenvalue weighted by Gasteiger charge is -2.09. The van der Waals surface area contributed by atoms with Crippen LogP contribution in [0.25, 0.3) is 11.1 Å². The molecule has 0 fully saturated rings. The molecule has 0 saturated carbocycles. The highest BCUT2D eigenvalue weighted by Crippen LogP contribution is 2.21. The van der Waals surface area contributed by atoms with E-state index in [1.54, 1.807) is 35.9 Å². The SMILES string of the molecule is Cc1cccc(S(=O)(=O)NCCC(=O)NCc2cncc(-c3ccsc3)c2)c1. The molecule has 0 unspecified atom stereocenters. The maximum absolute atomic E-state index is 12.2. The van der Waals surface area contributed by atoms with Gasteiger partial charge in [-0.2, -0.15) is 11.3 Å². The summed E-state index contributed by atoms with van der Waals surface area (Å²) in [5, 5.41) is 6.84. The quantitative estimate of drug-likeness (QED) is 0.592. The topological polar surface area (TPSA) is 88.2 Å². The average molecular weight is 416 g/mol. The van der Waals surface area contributed by atoms with Gasteiger partial charge >= 0.3 is 0 Å². The van der Waals surface area contributed by atoms with Crippen molar-refractivity contribution in [2.24, 2.45) is 0 Å². The van der Waals surface area contributed by atoms with Crippen molar-refractivity contribution < 1.29 is 13.2 Å². The standard InChI is InChI=1S/C20H21N3O3S2/c1-15-3-2-4-19(9-15)28(25,26)23-7-5-20(24)22-12-16-10-18(13-21-11-16)17-6-8-27-14-17/h2-4,6,8-11,13-14,23H,5,7,12H2,1H3,(H,22,24). The lowest BCUT2D eigenvalue weighted by atomic mass is 10.1. The first kappa shape index (κ1) is 20.2. The van der Waals surface area contributed by atoms with Crippen LogP contribution in [-0.2, 0) is 21.4 Å². The van der Waals surface area contributed by atoms with Crippen molar-refractivity contribution in [1.29, 1.82) is 0 Å². The highest BCUT2D eigenvalue weighted by molar-refractivity contribution is 7.89. The highest BCUT2D eigenvalue weighted by Gasteiger charge is 2.14. The molecule has 0 radical (unpaired) electrons. The Kier molecular flexibility index (Phi) is 6.56. The Morgan fingerprint density at radius 3 is 2.75 bits per heavy atom. The zero-order valence-electron chi connectivity index (χ0n) is 15.4. The van der Waals surface area contributed by atoms with Crippen molar-refractivity contribution in [1.82, 2.24) is 15.0 Å². The number of carbonyl (C=O) groups excluding carboxylic acids is 1. The van der Waals surface area contributed by atoms with Crippen LogP contribution in [0.4, 0.5) is 0 Å². The Bertz CT molecular complexity index is 1050. The monoisotopic (exact) mass is 415 g/mol. The number of pyridine rings is 1. The summed E-state index contributed by atoms with van der Waals surface area (Å²) in [6.45, 7) is 2.21. The maximum Gasteiger partial charge on any atom is 0.240 e. The van der Waals surface area contributed by atoms with E-state index in [9.17, 15) is 13.2 Å². The van der Waals surface area contributed by atoms with Gasteiger partial charge in [0.05, 0.1) is 4.90 Å². The third kappa shape index (κ3) is 5.48. The summed E-state index contributed by atoms with van der Waals surface area (Å²) in [5.74, 6) is -0.229. The van der Waals surface area contributed by atoms with Crippen molar-refractivity contribution in [3.63, 3.8) is 0 Å². The number of carbonyl (C=O) groups is 1. The second-order valence-corrected chi connectivity index (χ2v) is 8.88. The number of thiophene rings is 1. The smallest absolute Gasteiger partial charge is 0.240 e. The molecule has 0 bridgehead atoms. The molecule has 0 aliphatic heterocycles.